The predicted octanol–water partition coefficient (Wildman–Crippen LogP) is 2.75. The van der Waals surface area contributed by atoms with Gasteiger partial charge in [-0.05, 0) is 44.5 Å². The summed E-state index contributed by atoms with van der Waals surface area (Å²) in [6, 6.07) is 5.97. The first kappa shape index (κ1) is 12.4. The van der Waals surface area contributed by atoms with Crippen LogP contribution in [0.4, 0.5) is 4.39 Å². The van der Waals surface area contributed by atoms with Gasteiger partial charge in [-0.1, -0.05) is 12.1 Å². The smallest absolute Gasteiger partial charge is 0.244 e. The number of halogens is 1. The molecular weight excluding hydrogens is 205 g/mol. The Morgan fingerprint density at radius 2 is 1.81 bits per heavy atom. The van der Waals surface area contributed by atoms with Gasteiger partial charge in [0.25, 0.3) is 0 Å². The molecule has 0 saturated heterocycles. The maximum atomic E-state index is 12.6. The molecule has 1 aromatic rings. The van der Waals surface area contributed by atoms with Crippen molar-refractivity contribution < 1.29 is 9.18 Å². The summed E-state index contributed by atoms with van der Waals surface area (Å²) < 4.78 is 12.6. The Labute approximate surface area is 95.2 Å². The third-order valence-electron chi connectivity index (χ3n) is 1.80. The summed E-state index contributed by atoms with van der Waals surface area (Å²) in [5.74, 6) is -0.437. The number of carbonyl (C=O) groups excluding carboxylic acids is 1. The molecule has 3 heteroatoms. The Hall–Kier alpha value is -1.64. The van der Waals surface area contributed by atoms with Gasteiger partial charge in [-0.2, -0.15) is 0 Å². The zero-order valence-electron chi connectivity index (χ0n) is 9.75. The van der Waals surface area contributed by atoms with Gasteiger partial charge in [0.1, 0.15) is 5.82 Å². The molecule has 0 fully saturated rings. The van der Waals surface area contributed by atoms with Crippen molar-refractivity contribution in [3.63, 3.8) is 0 Å². The lowest BCUT2D eigenvalue weighted by Gasteiger charge is -2.18. The molecule has 2 nitrogen and oxygen atoms in total. The molecular formula is C13H16FNO. The summed E-state index contributed by atoms with van der Waals surface area (Å²) in [6.45, 7) is 5.74. The van der Waals surface area contributed by atoms with Gasteiger partial charge in [0.15, 0.2) is 0 Å². The summed E-state index contributed by atoms with van der Waals surface area (Å²) in [4.78, 5) is 11.4. The lowest BCUT2D eigenvalue weighted by Crippen LogP contribution is -2.39. The monoisotopic (exact) mass is 221 g/mol. The molecule has 0 unspecified atom stereocenters. The first-order valence-corrected chi connectivity index (χ1v) is 5.13. The molecule has 0 heterocycles. The predicted molar refractivity (Wildman–Crippen MR) is 63.3 cm³/mol. The molecule has 0 spiro atoms. The highest BCUT2D eigenvalue weighted by Crippen LogP contribution is 2.05. The van der Waals surface area contributed by atoms with Crippen LogP contribution in [0.2, 0.25) is 0 Å². The molecule has 1 N–H and O–H groups in total. The molecule has 0 aromatic heterocycles. The molecule has 1 rings (SSSR count). The fraction of sp³-hybridized carbons (Fsp3) is 0.308. The molecule has 0 bridgehead atoms. The van der Waals surface area contributed by atoms with Crippen molar-refractivity contribution in [2.75, 3.05) is 0 Å². The van der Waals surface area contributed by atoms with E-state index in [4.69, 9.17) is 0 Å². The average Bonchev–Trinajstić information content (AvgIpc) is 2.14. The summed E-state index contributed by atoms with van der Waals surface area (Å²) in [6.07, 6.45) is 3.10. The van der Waals surface area contributed by atoms with Crippen molar-refractivity contribution in [3.05, 3.63) is 41.7 Å². The quantitative estimate of drug-likeness (QED) is 0.764. The Balaban J connectivity index is 2.60. The number of benzene rings is 1. The fourth-order valence-electron chi connectivity index (χ4n) is 1.16. The van der Waals surface area contributed by atoms with E-state index in [0.717, 1.165) is 5.56 Å². The Bertz CT molecular complexity index is 387. The van der Waals surface area contributed by atoms with E-state index < -0.39 is 0 Å². The van der Waals surface area contributed by atoms with Crippen LogP contribution in [0.1, 0.15) is 26.3 Å². The SMILES string of the molecule is CC(C)(C)NC(=O)C=Cc1ccc(F)cc1. The molecule has 1 amide bonds. The van der Waals surface area contributed by atoms with Crippen molar-refractivity contribution in [1.29, 1.82) is 0 Å². The van der Waals surface area contributed by atoms with Crippen molar-refractivity contribution in [1.82, 2.24) is 5.32 Å². The zero-order chi connectivity index (χ0) is 12.2. The summed E-state index contributed by atoms with van der Waals surface area (Å²) >= 11 is 0. The van der Waals surface area contributed by atoms with E-state index in [2.05, 4.69) is 5.32 Å². The van der Waals surface area contributed by atoms with Gasteiger partial charge in [-0.25, -0.2) is 4.39 Å². The van der Waals surface area contributed by atoms with Crippen molar-refractivity contribution in [2.24, 2.45) is 0 Å². The molecule has 0 radical (unpaired) electrons. The Morgan fingerprint density at radius 1 is 1.25 bits per heavy atom. The highest BCUT2D eigenvalue weighted by atomic mass is 19.1. The van der Waals surface area contributed by atoms with Crippen LogP contribution < -0.4 is 5.32 Å². The van der Waals surface area contributed by atoms with Gasteiger partial charge in [-0.3, -0.25) is 4.79 Å². The third-order valence-corrected chi connectivity index (χ3v) is 1.80. The zero-order valence-corrected chi connectivity index (χ0v) is 9.75. The summed E-state index contributed by atoms with van der Waals surface area (Å²) in [7, 11) is 0. The van der Waals surface area contributed by atoms with Crippen LogP contribution in [0.3, 0.4) is 0 Å². The Morgan fingerprint density at radius 3 is 2.31 bits per heavy atom. The van der Waals surface area contributed by atoms with E-state index in [9.17, 15) is 9.18 Å². The molecule has 0 aliphatic carbocycles. The number of rotatable bonds is 2. The van der Waals surface area contributed by atoms with E-state index in [1.807, 2.05) is 20.8 Å². The van der Waals surface area contributed by atoms with E-state index in [1.54, 1.807) is 18.2 Å². The second kappa shape index (κ2) is 4.92. The van der Waals surface area contributed by atoms with Gasteiger partial charge < -0.3 is 5.32 Å². The van der Waals surface area contributed by atoms with Gasteiger partial charge in [0.05, 0.1) is 0 Å². The van der Waals surface area contributed by atoms with E-state index in [0.29, 0.717) is 0 Å². The van der Waals surface area contributed by atoms with Gasteiger partial charge in [-0.15, -0.1) is 0 Å². The minimum atomic E-state index is -0.281. The highest BCUT2D eigenvalue weighted by Gasteiger charge is 2.10. The largest absolute Gasteiger partial charge is 0.348 e. The van der Waals surface area contributed by atoms with E-state index in [-0.39, 0.29) is 17.3 Å². The Kier molecular flexibility index (Phi) is 3.82. The van der Waals surface area contributed by atoms with Crippen LogP contribution in [0.25, 0.3) is 6.08 Å². The number of amides is 1. The summed E-state index contributed by atoms with van der Waals surface area (Å²) in [5.41, 5.74) is 0.551. The standard InChI is InChI=1S/C13H16FNO/c1-13(2,3)15-12(16)9-6-10-4-7-11(14)8-5-10/h4-9H,1-3H3,(H,15,16). The van der Waals surface area contributed by atoms with Crippen LogP contribution in [0, 0.1) is 5.82 Å². The first-order valence-electron chi connectivity index (χ1n) is 5.13. The van der Waals surface area contributed by atoms with Crippen LogP contribution in [0.15, 0.2) is 30.3 Å². The molecule has 86 valence electrons. The fourth-order valence-corrected chi connectivity index (χ4v) is 1.16. The summed E-state index contributed by atoms with van der Waals surface area (Å²) in [5, 5.41) is 2.80. The van der Waals surface area contributed by atoms with Gasteiger partial charge >= 0.3 is 0 Å². The number of carbonyl (C=O) groups is 1. The molecule has 0 atom stereocenters. The van der Waals surface area contributed by atoms with Gasteiger partial charge in [0, 0.05) is 11.6 Å². The van der Waals surface area contributed by atoms with Crippen molar-refractivity contribution in [2.45, 2.75) is 26.3 Å². The second-order valence-electron chi connectivity index (χ2n) is 4.62. The lowest BCUT2D eigenvalue weighted by atomic mass is 10.1. The number of hydrogen-bond acceptors (Lipinski definition) is 1. The molecule has 0 saturated carbocycles. The maximum absolute atomic E-state index is 12.6. The van der Waals surface area contributed by atoms with E-state index >= 15 is 0 Å². The van der Waals surface area contributed by atoms with Crippen molar-refractivity contribution >= 4 is 12.0 Å². The van der Waals surface area contributed by atoms with Crippen LogP contribution in [-0.2, 0) is 4.79 Å². The second-order valence-corrected chi connectivity index (χ2v) is 4.62. The normalized spacial score (nSPS) is 11.8. The number of hydrogen-bond donors (Lipinski definition) is 1. The van der Waals surface area contributed by atoms with Gasteiger partial charge in [0.2, 0.25) is 5.91 Å². The number of nitrogens with one attached hydrogen (secondary N) is 1. The molecule has 0 aliphatic rings. The maximum Gasteiger partial charge on any atom is 0.244 e. The van der Waals surface area contributed by atoms with E-state index in [1.165, 1.54) is 18.2 Å². The molecule has 1 aromatic carbocycles. The third kappa shape index (κ3) is 4.73. The van der Waals surface area contributed by atoms with Crippen LogP contribution in [-0.4, -0.2) is 11.4 Å². The van der Waals surface area contributed by atoms with Crippen LogP contribution >= 0.6 is 0 Å². The highest BCUT2D eigenvalue weighted by molar-refractivity contribution is 5.92. The lowest BCUT2D eigenvalue weighted by molar-refractivity contribution is -0.117. The molecule has 16 heavy (non-hydrogen) atoms. The topological polar surface area (TPSA) is 29.1 Å². The first-order chi connectivity index (χ1) is 7.37. The molecule has 0 aliphatic heterocycles. The van der Waals surface area contributed by atoms with Crippen LogP contribution in [0.5, 0.6) is 0 Å². The minimum Gasteiger partial charge on any atom is -0.348 e. The van der Waals surface area contributed by atoms with Crippen molar-refractivity contribution in [3.8, 4) is 0 Å². The average molecular weight is 221 g/mol. The minimum absolute atomic E-state index is 0.156.